The van der Waals surface area contributed by atoms with Crippen LogP contribution in [0.2, 0.25) is 0 Å². The summed E-state index contributed by atoms with van der Waals surface area (Å²) in [6.45, 7) is 1.89. The van der Waals surface area contributed by atoms with Gasteiger partial charge in [-0.1, -0.05) is 31.0 Å². The Hall–Kier alpha value is -1.76. The van der Waals surface area contributed by atoms with Crippen molar-refractivity contribution in [3.8, 4) is 0 Å². The van der Waals surface area contributed by atoms with Gasteiger partial charge in [0.15, 0.2) is 5.16 Å². The fourth-order valence-corrected chi connectivity index (χ4v) is 3.90. The number of hydrogen-bond donors (Lipinski definition) is 2. The topological polar surface area (TPSA) is 81.8 Å². The molecule has 0 aromatic carbocycles. The minimum absolute atomic E-state index is 0.0925. The normalized spacial score (nSPS) is 15.9. The van der Waals surface area contributed by atoms with E-state index in [0.717, 1.165) is 18.5 Å². The zero-order valence-electron chi connectivity index (χ0n) is 13.5. The molecule has 3 rings (SSSR count). The van der Waals surface area contributed by atoms with Gasteiger partial charge in [-0.2, -0.15) is 0 Å². The molecule has 6 nitrogen and oxygen atoms in total. The molecule has 1 aliphatic carbocycles. The van der Waals surface area contributed by atoms with Crippen LogP contribution in [0.5, 0.6) is 0 Å². The van der Waals surface area contributed by atoms with Crippen LogP contribution in [0.4, 0.5) is 0 Å². The Balaban J connectivity index is 1.65. The van der Waals surface area contributed by atoms with Crippen molar-refractivity contribution in [3.05, 3.63) is 22.1 Å². The first-order valence-corrected chi connectivity index (χ1v) is 9.01. The highest BCUT2D eigenvalue weighted by atomic mass is 32.2. The van der Waals surface area contributed by atoms with Crippen molar-refractivity contribution >= 4 is 28.7 Å². The van der Waals surface area contributed by atoms with Crippen molar-refractivity contribution in [2.45, 2.75) is 50.2 Å². The van der Waals surface area contributed by atoms with E-state index in [1.165, 1.54) is 31.0 Å². The van der Waals surface area contributed by atoms with Crippen molar-refractivity contribution in [3.63, 3.8) is 0 Å². The fraction of sp³-hybridized carbons (Fsp3) is 0.562. The minimum atomic E-state index is -0.196. The molecule has 1 saturated carbocycles. The van der Waals surface area contributed by atoms with Gasteiger partial charge in [0, 0.05) is 18.8 Å². The molecule has 0 radical (unpaired) electrons. The van der Waals surface area contributed by atoms with Gasteiger partial charge >= 0.3 is 0 Å². The molecule has 2 aromatic rings. The van der Waals surface area contributed by atoms with E-state index in [1.807, 2.05) is 24.9 Å². The molecule has 0 aliphatic heterocycles. The summed E-state index contributed by atoms with van der Waals surface area (Å²) in [5, 5.41) is 0.492. The predicted octanol–water partition coefficient (Wildman–Crippen LogP) is 2.44. The number of fused-ring (bicyclic) bond motifs is 1. The second-order valence-electron chi connectivity index (χ2n) is 6.17. The molecule has 1 amide bonds. The Labute approximate surface area is 139 Å². The summed E-state index contributed by atoms with van der Waals surface area (Å²) < 4.78 is 0. The predicted molar refractivity (Wildman–Crippen MR) is 91.8 cm³/mol. The van der Waals surface area contributed by atoms with E-state index in [1.54, 1.807) is 0 Å². The number of rotatable bonds is 4. The van der Waals surface area contributed by atoms with Crippen LogP contribution in [0.15, 0.2) is 16.0 Å². The number of carbonyl (C=O) groups is 1. The number of thioether (sulfide) groups is 1. The lowest BCUT2D eigenvalue weighted by Gasteiger charge is -2.31. The lowest BCUT2D eigenvalue weighted by Crippen LogP contribution is -2.39. The fourth-order valence-electron chi connectivity index (χ4n) is 3.11. The van der Waals surface area contributed by atoms with Gasteiger partial charge in [-0.05, 0) is 25.8 Å². The molecule has 7 heteroatoms. The third kappa shape index (κ3) is 3.60. The molecule has 2 aromatic heterocycles. The van der Waals surface area contributed by atoms with Crippen LogP contribution in [-0.4, -0.2) is 44.6 Å². The molecular formula is C16H22N4O2S. The maximum absolute atomic E-state index is 12.3. The molecular weight excluding hydrogens is 312 g/mol. The number of aromatic nitrogens is 3. The van der Waals surface area contributed by atoms with Crippen LogP contribution in [0, 0.1) is 6.92 Å². The van der Waals surface area contributed by atoms with E-state index in [2.05, 4.69) is 15.0 Å². The summed E-state index contributed by atoms with van der Waals surface area (Å²) in [5.41, 5.74) is 1.83. The number of aromatic amines is 2. The van der Waals surface area contributed by atoms with Crippen LogP contribution in [0.1, 0.15) is 37.8 Å². The number of amides is 1. The first-order valence-electron chi connectivity index (χ1n) is 8.02. The van der Waals surface area contributed by atoms with E-state index >= 15 is 0 Å². The zero-order chi connectivity index (χ0) is 16.4. The number of nitrogens with zero attached hydrogens (tertiary/aromatic N) is 2. The van der Waals surface area contributed by atoms with Crippen molar-refractivity contribution in [2.24, 2.45) is 0 Å². The van der Waals surface area contributed by atoms with Gasteiger partial charge in [-0.25, -0.2) is 4.98 Å². The summed E-state index contributed by atoms with van der Waals surface area (Å²) in [7, 11) is 1.88. The van der Waals surface area contributed by atoms with E-state index in [0.29, 0.717) is 28.0 Å². The third-order valence-corrected chi connectivity index (χ3v) is 5.31. The minimum Gasteiger partial charge on any atom is -0.353 e. The highest BCUT2D eigenvalue weighted by Crippen LogP contribution is 2.23. The summed E-state index contributed by atoms with van der Waals surface area (Å²) in [6.07, 6.45) is 5.86. The average molecular weight is 334 g/mol. The maximum atomic E-state index is 12.3. The molecule has 0 atom stereocenters. The highest BCUT2D eigenvalue weighted by Gasteiger charge is 2.22. The van der Waals surface area contributed by atoms with Gasteiger partial charge in [0.2, 0.25) is 5.91 Å². The van der Waals surface area contributed by atoms with Crippen molar-refractivity contribution in [1.29, 1.82) is 0 Å². The zero-order valence-corrected chi connectivity index (χ0v) is 14.3. The van der Waals surface area contributed by atoms with E-state index in [-0.39, 0.29) is 11.5 Å². The van der Waals surface area contributed by atoms with E-state index in [4.69, 9.17) is 0 Å². The summed E-state index contributed by atoms with van der Waals surface area (Å²) in [4.78, 5) is 36.3. The first-order chi connectivity index (χ1) is 11.0. The second-order valence-corrected chi connectivity index (χ2v) is 7.13. The molecule has 124 valence electrons. The van der Waals surface area contributed by atoms with Gasteiger partial charge in [0.25, 0.3) is 5.56 Å². The third-order valence-electron chi connectivity index (χ3n) is 4.45. The quantitative estimate of drug-likeness (QED) is 0.665. The van der Waals surface area contributed by atoms with E-state index < -0.39 is 0 Å². The SMILES string of the molecule is Cc1cc2nc(SCC(=O)N(C)C3CCCCC3)[nH]c(=O)c2[nH]1. The van der Waals surface area contributed by atoms with E-state index in [9.17, 15) is 9.59 Å². The van der Waals surface area contributed by atoms with Gasteiger partial charge in [-0.15, -0.1) is 0 Å². The van der Waals surface area contributed by atoms with Crippen LogP contribution >= 0.6 is 11.8 Å². The Bertz CT molecular complexity index is 761. The molecule has 0 spiro atoms. The van der Waals surface area contributed by atoms with Crippen LogP contribution in [0.25, 0.3) is 11.0 Å². The van der Waals surface area contributed by atoms with Gasteiger partial charge in [0.05, 0.1) is 11.3 Å². The lowest BCUT2D eigenvalue weighted by molar-refractivity contribution is -0.129. The average Bonchev–Trinajstić information content (AvgIpc) is 2.93. The monoisotopic (exact) mass is 334 g/mol. The first kappa shape index (κ1) is 16.1. The number of H-pyrrole nitrogens is 2. The summed E-state index contributed by atoms with van der Waals surface area (Å²) in [6, 6.07) is 2.20. The van der Waals surface area contributed by atoms with Crippen molar-refractivity contribution < 1.29 is 4.79 Å². The van der Waals surface area contributed by atoms with Gasteiger partial charge < -0.3 is 9.88 Å². The Morgan fingerprint density at radius 1 is 1.35 bits per heavy atom. The van der Waals surface area contributed by atoms with Crippen LogP contribution in [-0.2, 0) is 4.79 Å². The largest absolute Gasteiger partial charge is 0.353 e. The Morgan fingerprint density at radius 3 is 2.83 bits per heavy atom. The summed E-state index contributed by atoms with van der Waals surface area (Å²) in [5.74, 6) is 0.389. The summed E-state index contributed by atoms with van der Waals surface area (Å²) >= 11 is 1.29. The highest BCUT2D eigenvalue weighted by molar-refractivity contribution is 7.99. The molecule has 0 bridgehead atoms. The second kappa shape index (κ2) is 6.78. The molecule has 0 unspecified atom stereocenters. The molecule has 0 saturated heterocycles. The lowest BCUT2D eigenvalue weighted by atomic mass is 9.94. The molecule has 23 heavy (non-hydrogen) atoms. The molecule has 1 aliphatic rings. The Morgan fingerprint density at radius 2 is 2.09 bits per heavy atom. The number of nitrogens with one attached hydrogen (secondary N) is 2. The number of aryl methyl sites for hydroxylation is 1. The smallest absolute Gasteiger partial charge is 0.275 e. The van der Waals surface area contributed by atoms with Gasteiger partial charge in [0.1, 0.15) is 5.52 Å². The number of carbonyl (C=O) groups excluding carboxylic acids is 1. The molecule has 2 N–H and O–H groups in total. The molecule has 2 heterocycles. The Kier molecular flexibility index (Phi) is 4.75. The van der Waals surface area contributed by atoms with Crippen molar-refractivity contribution in [1.82, 2.24) is 19.9 Å². The van der Waals surface area contributed by atoms with Crippen molar-refractivity contribution in [2.75, 3.05) is 12.8 Å². The van der Waals surface area contributed by atoms with Crippen LogP contribution in [0.3, 0.4) is 0 Å². The number of hydrogen-bond acceptors (Lipinski definition) is 4. The van der Waals surface area contributed by atoms with Crippen LogP contribution < -0.4 is 5.56 Å². The molecule has 1 fully saturated rings. The maximum Gasteiger partial charge on any atom is 0.275 e. The standard InChI is InChI=1S/C16H22N4O2S/c1-10-8-12-14(17-10)15(22)19-16(18-12)23-9-13(21)20(2)11-6-4-3-5-7-11/h8,11,17H,3-7,9H2,1-2H3,(H,18,19,22). The van der Waals surface area contributed by atoms with Gasteiger partial charge in [-0.3, -0.25) is 14.6 Å².